The number of aryl methyl sites for hydroxylation is 2. The minimum Gasteiger partial charge on any atom is -0.366 e. The molecular weight excluding hydrogens is 556 g/mol. The first-order valence-corrected chi connectivity index (χ1v) is 15.3. The molecule has 44 heavy (non-hydrogen) atoms. The summed E-state index contributed by atoms with van der Waals surface area (Å²) in [5.41, 5.74) is 15.0. The summed E-state index contributed by atoms with van der Waals surface area (Å²) in [5.74, 6) is 0.747. The van der Waals surface area contributed by atoms with Gasteiger partial charge in [-0.3, -0.25) is 19.5 Å². The number of nitrogens with zero attached hydrogens (tertiary/aromatic N) is 4. The van der Waals surface area contributed by atoms with E-state index in [4.69, 9.17) is 21.5 Å². The van der Waals surface area contributed by atoms with Gasteiger partial charge < -0.3 is 21.7 Å². The second kappa shape index (κ2) is 11.2. The van der Waals surface area contributed by atoms with E-state index in [2.05, 4.69) is 16.5 Å². The number of aromatic amines is 1. The van der Waals surface area contributed by atoms with E-state index in [0.717, 1.165) is 40.9 Å². The number of hydrogen-bond donors (Lipinski definition) is 4. The number of likely N-dealkylation sites (tertiary alicyclic amines) is 1. The predicted molar refractivity (Wildman–Crippen MR) is 163 cm³/mol. The van der Waals surface area contributed by atoms with Crippen molar-refractivity contribution < 1.29 is 14.4 Å². The summed E-state index contributed by atoms with van der Waals surface area (Å²) < 4.78 is 0. The molecule has 1 unspecified atom stereocenters. The molecule has 6 N–H and O–H groups in total. The van der Waals surface area contributed by atoms with Crippen LogP contribution in [-0.4, -0.2) is 62.5 Å². The predicted octanol–water partition coefficient (Wildman–Crippen LogP) is 2.44. The van der Waals surface area contributed by atoms with Crippen LogP contribution >= 0.6 is 0 Å². The fourth-order valence-electron chi connectivity index (χ4n) is 7.25. The summed E-state index contributed by atoms with van der Waals surface area (Å²) in [6, 6.07) is 12.9. The van der Waals surface area contributed by atoms with E-state index in [1.807, 2.05) is 45.0 Å². The summed E-state index contributed by atoms with van der Waals surface area (Å²) >= 11 is 0. The number of benzene rings is 2. The first kappa shape index (κ1) is 29.5. The second-order valence-electron chi connectivity index (χ2n) is 12.8. The van der Waals surface area contributed by atoms with Gasteiger partial charge >= 0.3 is 0 Å². The molecule has 1 aliphatic heterocycles. The number of nitrogens with one attached hydrogen (secondary N) is 2. The van der Waals surface area contributed by atoms with Crippen molar-refractivity contribution in [3.8, 4) is 6.07 Å². The Morgan fingerprint density at radius 2 is 1.66 bits per heavy atom. The van der Waals surface area contributed by atoms with Crippen molar-refractivity contribution in [1.29, 1.82) is 5.26 Å². The molecule has 2 aromatic carbocycles. The Balaban J connectivity index is 1.45. The minimum atomic E-state index is -0.906. The Labute approximate surface area is 256 Å². The van der Waals surface area contributed by atoms with Crippen LogP contribution in [0.1, 0.15) is 101 Å². The zero-order chi connectivity index (χ0) is 31.3. The molecular formula is C33H38N8O3. The number of primary amides is 2. The molecule has 2 heterocycles. The number of rotatable bonds is 9. The maximum atomic E-state index is 13.3. The molecule has 2 aliphatic carbocycles. The molecule has 228 valence electrons. The fraction of sp³-hybridized carbons (Fsp3) is 0.455. The van der Waals surface area contributed by atoms with Crippen LogP contribution in [0, 0.1) is 17.2 Å². The standard InChI is InChI=1S/C33H38N8O3/c1-17(2)31-38-32(40-39-31)33(14-18(3)37-16-28(42)41-24(15-34)12-23-13-27(23)41)25-8-6-21(29(35)43)10-19(25)4-5-20-11-22(30(36)44)7-9-26(20)33/h6-11,17-18,23-24,27,37H,4-5,12-14,16H2,1-3H3,(H2,35,43)(H2,36,44)(H,38,39,40)/t18-,23+,24?,27-/m0/s1. The van der Waals surface area contributed by atoms with Crippen molar-refractivity contribution in [3.05, 3.63) is 81.4 Å². The molecule has 0 spiro atoms. The van der Waals surface area contributed by atoms with Gasteiger partial charge in [-0.15, -0.1) is 0 Å². The van der Waals surface area contributed by atoms with Gasteiger partial charge in [-0.1, -0.05) is 26.0 Å². The van der Waals surface area contributed by atoms with Crippen molar-refractivity contribution in [2.24, 2.45) is 17.4 Å². The highest BCUT2D eigenvalue weighted by atomic mass is 16.2. The number of H-pyrrole nitrogens is 1. The van der Waals surface area contributed by atoms with Crippen molar-refractivity contribution in [2.45, 2.75) is 82.3 Å². The van der Waals surface area contributed by atoms with E-state index in [1.165, 1.54) is 0 Å². The lowest BCUT2D eigenvalue weighted by Crippen LogP contribution is -2.46. The highest BCUT2D eigenvalue weighted by molar-refractivity contribution is 5.94. The van der Waals surface area contributed by atoms with E-state index < -0.39 is 17.2 Å². The monoisotopic (exact) mass is 594 g/mol. The van der Waals surface area contributed by atoms with E-state index >= 15 is 0 Å². The lowest BCUT2D eigenvalue weighted by Gasteiger charge is -2.37. The molecule has 1 aromatic heterocycles. The Hall–Kier alpha value is -4.56. The quantitative estimate of drug-likeness (QED) is 0.293. The Kier molecular flexibility index (Phi) is 7.49. The van der Waals surface area contributed by atoms with Crippen LogP contribution in [0.25, 0.3) is 0 Å². The van der Waals surface area contributed by atoms with Crippen LogP contribution in [0.2, 0.25) is 0 Å². The van der Waals surface area contributed by atoms with Gasteiger partial charge in [0.25, 0.3) is 0 Å². The van der Waals surface area contributed by atoms with Gasteiger partial charge in [0.1, 0.15) is 11.9 Å². The number of carbonyl (C=O) groups is 3. The number of carbonyl (C=O) groups excluding carboxylic acids is 3. The summed E-state index contributed by atoms with van der Waals surface area (Å²) in [6.45, 7) is 6.20. The first-order chi connectivity index (χ1) is 21.0. The summed E-state index contributed by atoms with van der Waals surface area (Å²) in [4.78, 5) is 44.5. The van der Waals surface area contributed by atoms with Gasteiger partial charge in [0.05, 0.1) is 18.0 Å². The van der Waals surface area contributed by atoms with Crippen molar-refractivity contribution >= 4 is 17.7 Å². The van der Waals surface area contributed by atoms with Crippen LogP contribution in [0.4, 0.5) is 0 Å². The lowest BCUT2D eigenvalue weighted by atomic mass is 9.67. The highest BCUT2D eigenvalue weighted by Gasteiger charge is 2.54. The molecule has 1 saturated carbocycles. The van der Waals surface area contributed by atoms with E-state index in [9.17, 15) is 19.6 Å². The first-order valence-electron chi connectivity index (χ1n) is 15.3. The van der Waals surface area contributed by atoms with Crippen LogP contribution in [0.3, 0.4) is 0 Å². The molecule has 3 aromatic rings. The number of amides is 3. The number of aromatic nitrogens is 3. The zero-order valence-corrected chi connectivity index (χ0v) is 25.3. The number of nitriles is 1. The minimum absolute atomic E-state index is 0.0682. The van der Waals surface area contributed by atoms with Crippen molar-refractivity contribution in [2.75, 3.05) is 6.54 Å². The van der Waals surface area contributed by atoms with Crippen molar-refractivity contribution in [3.63, 3.8) is 0 Å². The zero-order valence-electron chi connectivity index (χ0n) is 25.3. The maximum absolute atomic E-state index is 13.3. The van der Waals surface area contributed by atoms with Gasteiger partial charge in [0.15, 0.2) is 5.82 Å². The average Bonchev–Trinajstić information content (AvgIpc) is 3.42. The van der Waals surface area contributed by atoms with Gasteiger partial charge in [-0.25, -0.2) is 4.98 Å². The normalized spacial score (nSPS) is 21.9. The van der Waals surface area contributed by atoms with Crippen LogP contribution < -0.4 is 16.8 Å². The maximum Gasteiger partial charge on any atom is 0.248 e. The topological polar surface area (TPSA) is 184 Å². The van der Waals surface area contributed by atoms with Gasteiger partial charge in [0, 0.05) is 29.1 Å². The molecule has 11 heteroatoms. The molecule has 3 aliphatic rings. The van der Waals surface area contributed by atoms with Gasteiger partial charge in [0.2, 0.25) is 17.7 Å². The third-order valence-corrected chi connectivity index (χ3v) is 9.55. The molecule has 2 fully saturated rings. The van der Waals surface area contributed by atoms with E-state index in [1.54, 1.807) is 17.0 Å². The number of hydrogen-bond acceptors (Lipinski definition) is 7. The van der Waals surface area contributed by atoms with Crippen LogP contribution in [-0.2, 0) is 23.1 Å². The molecule has 6 rings (SSSR count). The Morgan fingerprint density at radius 1 is 1.05 bits per heavy atom. The third kappa shape index (κ3) is 5.03. The SMILES string of the molecule is CC(C)c1nc(C2(C[C@H](C)NCC(=O)N3C(C#N)C[C@@H]4C[C@@H]43)c3ccc(C(N)=O)cc3CCc3cc(C(N)=O)ccc32)n[nH]1. The second-order valence-corrected chi connectivity index (χ2v) is 12.8. The van der Waals surface area contributed by atoms with E-state index in [-0.39, 0.29) is 36.5 Å². The van der Waals surface area contributed by atoms with Gasteiger partial charge in [-0.05, 0) is 91.5 Å². The number of piperidine rings is 1. The average molecular weight is 595 g/mol. The molecule has 0 radical (unpaired) electrons. The summed E-state index contributed by atoms with van der Waals surface area (Å²) in [6.07, 6.45) is 3.39. The van der Waals surface area contributed by atoms with Crippen LogP contribution in [0.15, 0.2) is 36.4 Å². The summed E-state index contributed by atoms with van der Waals surface area (Å²) in [7, 11) is 0. The highest BCUT2D eigenvalue weighted by Crippen LogP contribution is 2.48. The Bertz CT molecular complexity index is 1620. The smallest absolute Gasteiger partial charge is 0.248 e. The Morgan fingerprint density at radius 3 is 2.18 bits per heavy atom. The fourth-order valence-corrected chi connectivity index (χ4v) is 7.25. The third-order valence-electron chi connectivity index (χ3n) is 9.55. The van der Waals surface area contributed by atoms with Crippen LogP contribution in [0.5, 0.6) is 0 Å². The number of nitrogens with two attached hydrogens (primary N) is 2. The molecule has 0 bridgehead atoms. The van der Waals surface area contributed by atoms with E-state index in [0.29, 0.717) is 42.1 Å². The molecule has 11 nitrogen and oxygen atoms in total. The molecule has 4 atom stereocenters. The molecule has 3 amide bonds. The van der Waals surface area contributed by atoms with Gasteiger partial charge in [-0.2, -0.15) is 10.4 Å². The van der Waals surface area contributed by atoms with Crippen molar-refractivity contribution in [1.82, 2.24) is 25.4 Å². The number of fused-ring (bicyclic) bond motifs is 3. The summed E-state index contributed by atoms with van der Waals surface area (Å²) in [5, 5.41) is 20.9. The largest absolute Gasteiger partial charge is 0.366 e. The molecule has 1 saturated heterocycles. The lowest BCUT2D eigenvalue weighted by molar-refractivity contribution is -0.131.